The van der Waals surface area contributed by atoms with Crippen molar-refractivity contribution in [3.05, 3.63) is 64.6 Å². The Kier molecular flexibility index (Phi) is 2.68. The zero-order valence-electron chi connectivity index (χ0n) is 9.93. The molecule has 94 valence electrons. The number of rotatable bonds is 3. The molecule has 0 aliphatic carbocycles. The molecule has 3 rings (SSSR count). The van der Waals surface area contributed by atoms with Crippen molar-refractivity contribution in [1.82, 2.24) is 14.8 Å². The van der Waals surface area contributed by atoms with E-state index in [1.165, 1.54) is 12.1 Å². The molecule has 0 unspecified atom stereocenters. The average Bonchev–Trinajstić information content (AvgIpc) is 2.82. The second kappa shape index (κ2) is 4.49. The minimum atomic E-state index is -0.403. The second-order valence-electron chi connectivity index (χ2n) is 4.16. The molecule has 0 aliphatic heterocycles. The van der Waals surface area contributed by atoms with Gasteiger partial charge in [-0.25, -0.2) is 0 Å². The molecule has 0 fully saturated rings. The van der Waals surface area contributed by atoms with Gasteiger partial charge in [0.25, 0.3) is 5.69 Å². The lowest BCUT2D eigenvalue weighted by Gasteiger charge is -2.03. The highest BCUT2D eigenvalue weighted by atomic mass is 16.6. The van der Waals surface area contributed by atoms with Crippen LogP contribution in [0.5, 0.6) is 0 Å². The number of nitrogens with zero attached hydrogens (tertiary/aromatic N) is 4. The fraction of sp³-hybridized carbons (Fsp3) is 0.0769. The Hall–Kier alpha value is -2.76. The van der Waals surface area contributed by atoms with Crippen LogP contribution >= 0.6 is 0 Å². The Bertz CT molecular complexity index is 737. The molecule has 0 saturated carbocycles. The van der Waals surface area contributed by atoms with Gasteiger partial charge in [0.05, 0.1) is 23.2 Å². The minimum Gasteiger partial charge on any atom is -0.265 e. The Morgan fingerprint density at radius 2 is 2.00 bits per heavy atom. The van der Waals surface area contributed by atoms with Gasteiger partial charge in [0.15, 0.2) is 0 Å². The molecule has 0 spiro atoms. The van der Waals surface area contributed by atoms with Crippen molar-refractivity contribution < 1.29 is 4.92 Å². The van der Waals surface area contributed by atoms with Gasteiger partial charge in [0, 0.05) is 29.9 Å². The summed E-state index contributed by atoms with van der Waals surface area (Å²) in [5, 5.41) is 15.7. The number of hydrogen-bond donors (Lipinski definition) is 0. The molecule has 0 saturated heterocycles. The summed E-state index contributed by atoms with van der Waals surface area (Å²) >= 11 is 0. The van der Waals surface area contributed by atoms with Crippen molar-refractivity contribution in [2.24, 2.45) is 0 Å². The summed E-state index contributed by atoms with van der Waals surface area (Å²) in [4.78, 5) is 14.3. The first-order valence-electron chi connectivity index (χ1n) is 5.73. The molecular weight excluding hydrogens is 244 g/mol. The zero-order chi connectivity index (χ0) is 13.2. The summed E-state index contributed by atoms with van der Waals surface area (Å²) < 4.78 is 1.81. The van der Waals surface area contributed by atoms with Crippen molar-refractivity contribution in [3.8, 4) is 0 Å². The highest BCUT2D eigenvalue weighted by Crippen LogP contribution is 2.21. The number of fused-ring (bicyclic) bond motifs is 1. The summed E-state index contributed by atoms with van der Waals surface area (Å²) in [7, 11) is 0. The third-order valence-corrected chi connectivity index (χ3v) is 2.92. The first kappa shape index (κ1) is 11.3. The smallest absolute Gasteiger partial charge is 0.265 e. The summed E-state index contributed by atoms with van der Waals surface area (Å²) in [5.74, 6) is 0. The summed E-state index contributed by atoms with van der Waals surface area (Å²) in [6.45, 7) is 0.615. The van der Waals surface area contributed by atoms with E-state index in [1.807, 2.05) is 16.8 Å². The van der Waals surface area contributed by atoms with E-state index >= 15 is 0 Å². The fourth-order valence-electron chi connectivity index (χ4n) is 1.98. The molecule has 3 aromatic rings. The van der Waals surface area contributed by atoms with Crippen molar-refractivity contribution in [2.75, 3.05) is 0 Å². The van der Waals surface area contributed by atoms with Gasteiger partial charge in [-0.2, -0.15) is 5.10 Å². The topological polar surface area (TPSA) is 73.8 Å². The highest BCUT2D eigenvalue weighted by Gasteiger charge is 2.09. The van der Waals surface area contributed by atoms with Gasteiger partial charge in [0.1, 0.15) is 0 Å². The van der Waals surface area contributed by atoms with Crippen LogP contribution in [-0.2, 0) is 6.54 Å². The van der Waals surface area contributed by atoms with Crippen LogP contribution in [-0.4, -0.2) is 19.7 Å². The molecule has 6 heteroatoms. The summed E-state index contributed by atoms with van der Waals surface area (Å²) in [6.07, 6.45) is 5.10. The van der Waals surface area contributed by atoms with E-state index < -0.39 is 4.92 Å². The first-order valence-corrected chi connectivity index (χ1v) is 5.73. The van der Waals surface area contributed by atoms with Crippen LogP contribution in [0.2, 0.25) is 0 Å². The standard InChI is InChI=1S/C13H10N4O2/c18-17(19)12-1-2-13-11(7-12)8-15-16(13)9-10-3-5-14-6-4-10/h1-8H,9H2. The van der Waals surface area contributed by atoms with E-state index in [1.54, 1.807) is 24.7 Å². The quantitative estimate of drug-likeness (QED) is 0.531. The molecule has 2 heterocycles. The predicted molar refractivity (Wildman–Crippen MR) is 69.7 cm³/mol. The molecule has 0 atom stereocenters. The molecule has 0 amide bonds. The van der Waals surface area contributed by atoms with Gasteiger partial charge in [-0.3, -0.25) is 19.8 Å². The Morgan fingerprint density at radius 3 is 2.74 bits per heavy atom. The molecule has 0 bridgehead atoms. The maximum atomic E-state index is 10.7. The maximum Gasteiger partial charge on any atom is 0.270 e. The molecule has 1 aromatic carbocycles. The molecule has 19 heavy (non-hydrogen) atoms. The van der Waals surface area contributed by atoms with Gasteiger partial charge >= 0.3 is 0 Å². The minimum absolute atomic E-state index is 0.0796. The van der Waals surface area contributed by atoms with E-state index in [4.69, 9.17) is 0 Å². The lowest BCUT2D eigenvalue weighted by Crippen LogP contribution is -2.01. The lowest BCUT2D eigenvalue weighted by atomic mass is 10.2. The average molecular weight is 254 g/mol. The predicted octanol–water partition coefficient (Wildman–Crippen LogP) is 2.39. The van der Waals surface area contributed by atoms with E-state index in [-0.39, 0.29) is 5.69 Å². The number of nitro groups is 1. The lowest BCUT2D eigenvalue weighted by molar-refractivity contribution is -0.384. The molecule has 0 N–H and O–H groups in total. The number of benzene rings is 1. The van der Waals surface area contributed by atoms with Crippen LogP contribution in [0.4, 0.5) is 5.69 Å². The van der Waals surface area contributed by atoms with Crippen LogP contribution in [0.15, 0.2) is 48.9 Å². The van der Waals surface area contributed by atoms with Gasteiger partial charge < -0.3 is 0 Å². The first-order chi connectivity index (χ1) is 9.24. The second-order valence-corrected chi connectivity index (χ2v) is 4.16. The largest absolute Gasteiger partial charge is 0.270 e. The third kappa shape index (κ3) is 2.15. The zero-order valence-corrected chi connectivity index (χ0v) is 9.93. The summed E-state index contributed by atoms with van der Waals surface area (Å²) in [6, 6.07) is 8.58. The highest BCUT2D eigenvalue weighted by molar-refractivity contribution is 5.81. The van der Waals surface area contributed by atoms with Crippen molar-refractivity contribution in [3.63, 3.8) is 0 Å². The van der Waals surface area contributed by atoms with E-state index in [0.717, 1.165) is 16.5 Å². The Labute approximate surface area is 108 Å². The van der Waals surface area contributed by atoms with Gasteiger partial charge in [-0.1, -0.05) is 0 Å². The third-order valence-electron chi connectivity index (χ3n) is 2.92. The summed E-state index contributed by atoms with van der Waals surface area (Å²) in [5.41, 5.74) is 2.04. The Balaban J connectivity index is 1.99. The van der Waals surface area contributed by atoms with E-state index in [0.29, 0.717) is 6.54 Å². The molecule has 6 nitrogen and oxygen atoms in total. The molecule has 0 aliphatic rings. The molecule has 2 aromatic heterocycles. The van der Waals surface area contributed by atoms with Gasteiger partial charge in [-0.05, 0) is 23.8 Å². The van der Waals surface area contributed by atoms with E-state index in [2.05, 4.69) is 10.1 Å². The van der Waals surface area contributed by atoms with Crippen LogP contribution in [0.1, 0.15) is 5.56 Å². The van der Waals surface area contributed by atoms with Crippen molar-refractivity contribution >= 4 is 16.6 Å². The number of pyridine rings is 1. The van der Waals surface area contributed by atoms with E-state index in [9.17, 15) is 10.1 Å². The molecule has 0 radical (unpaired) electrons. The van der Waals surface area contributed by atoms with Crippen molar-refractivity contribution in [2.45, 2.75) is 6.54 Å². The number of nitro benzene ring substituents is 1. The molecular formula is C13H10N4O2. The number of non-ortho nitro benzene ring substituents is 1. The number of hydrogen-bond acceptors (Lipinski definition) is 4. The Morgan fingerprint density at radius 1 is 1.21 bits per heavy atom. The van der Waals surface area contributed by atoms with Gasteiger partial charge in [-0.15, -0.1) is 0 Å². The SMILES string of the molecule is O=[N+]([O-])c1ccc2c(cnn2Cc2ccncc2)c1. The van der Waals surface area contributed by atoms with Crippen LogP contribution < -0.4 is 0 Å². The monoisotopic (exact) mass is 254 g/mol. The van der Waals surface area contributed by atoms with Crippen LogP contribution in [0.3, 0.4) is 0 Å². The number of aromatic nitrogens is 3. The normalized spacial score (nSPS) is 10.7. The van der Waals surface area contributed by atoms with Crippen LogP contribution in [0, 0.1) is 10.1 Å². The maximum absolute atomic E-state index is 10.7. The van der Waals surface area contributed by atoms with Gasteiger partial charge in [0.2, 0.25) is 0 Å². The fourth-order valence-corrected chi connectivity index (χ4v) is 1.98. The van der Waals surface area contributed by atoms with Crippen molar-refractivity contribution in [1.29, 1.82) is 0 Å². The van der Waals surface area contributed by atoms with Crippen LogP contribution in [0.25, 0.3) is 10.9 Å².